The van der Waals surface area contributed by atoms with Gasteiger partial charge < -0.3 is 19.7 Å². The molecule has 0 radical (unpaired) electrons. The number of rotatable bonds is 11. The first kappa shape index (κ1) is 19.2. The quantitative estimate of drug-likeness (QED) is 0.363. The third-order valence-corrected chi connectivity index (χ3v) is 3.12. The monoisotopic (exact) mass is 336 g/mol. The van der Waals surface area contributed by atoms with E-state index in [0.717, 1.165) is 37.8 Å². The molecule has 7 nitrogen and oxygen atoms in total. The fraction of sp³-hybridized carbons (Fsp3) is 0.353. The molecular formula is C17H20O7. The maximum absolute atomic E-state index is 11.0. The Balaban J connectivity index is 2.34. The third-order valence-electron chi connectivity index (χ3n) is 3.12. The number of esters is 1. The number of unbranched alkanes of at least 4 members (excludes halogenated alkanes) is 3. The van der Waals surface area contributed by atoms with Gasteiger partial charge in [-0.15, -0.1) is 0 Å². The Hall–Kier alpha value is -2.83. The van der Waals surface area contributed by atoms with Crippen molar-refractivity contribution in [2.75, 3.05) is 13.2 Å². The van der Waals surface area contributed by atoms with E-state index >= 15 is 0 Å². The fourth-order valence-corrected chi connectivity index (χ4v) is 1.91. The van der Waals surface area contributed by atoms with Gasteiger partial charge in [0.15, 0.2) is 0 Å². The van der Waals surface area contributed by atoms with Gasteiger partial charge in [0.25, 0.3) is 0 Å². The Morgan fingerprint density at radius 3 is 1.96 bits per heavy atom. The Morgan fingerprint density at radius 2 is 1.46 bits per heavy atom. The van der Waals surface area contributed by atoms with Gasteiger partial charge in [0, 0.05) is 6.08 Å². The molecule has 1 aromatic carbocycles. The average molecular weight is 336 g/mol. The first-order chi connectivity index (χ1) is 11.4. The van der Waals surface area contributed by atoms with Crippen LogP contribution in [0.5, 0.6) is 5.75 Å². The minimum Gasteiger partial charge on any atom is -0.494 e. The van der Waals surface area contributed by atoms with Crippen molar-refractivity contribution in [1.29, 1.82) is 0 Å². The lowest BCUT2D eigenvalue weighted by Gasteiger charge is -2.08. The Kier molecular flexibility index (Phi) is 8.04. The van der Waals surface area contributed by atoms with Gasteiger partial charge in [-0.05, 0) is 43.9 Å². The molecule has 0 heterocycles. The van der Waals surface area contributed by atoms with Crippen molar-refractivity contribution in [3.8, 4) is 5.75 Å². The van der Waals surface area contributed by atoms with E-state index in [4.69, 9.17) is 19.7 Å². The molecule has 0 aromatic heterocycles. The molecule has 0 aliphatic heterocycles. The first-order valence-electron chi connectivity index (χ1n) is 7.47. The molecular weight excluding hydrogens is 316 g/mol. The van der Waals surface area contributed by atoms with E-state index in [1.54, 1.807) is 0 Å². The van der Waals surface area contributed by atoms with Crippen molar-refractivity contribution in [2.45, 2.75) is 25.7 Å². The topological polar surface area (TPSA) is 110 Å². The number of hydrogen-bond acceptors (Lipinski definition) is 5. The lowest BCUT2D eigenvalue weighted by Crippen LogP contribution is -2.05. The van der Waals surface area contributed by atoms with Gasteiger partial charge in [0.05, 0.1) is 24.3 Å². The molecule has 24 heavy (non-hydrogen) atoms. The molecule has 1 aromatic rings. The summed E-state index contributed by atoms with van der Waals surface area (Å²) < 4.78 is 10.3. The van der Waals surface area contributed by atoms with Gasteiger partial charge in [0.2, 0.25) is 0 Å². The summed E-state index contributed by atoms with van der Waals surface area (Å²) in [5.74, 6) is -2.65. The molecule has 0 fully saturated rings. The molecule has 0 saturated heterocycles. The van der Waals surface area contributed by atoms with Crippen molar-refractivity contribution in [1.82, 2.24) is 0 Å². The summed E-state index contributed by atoms with van der Waals surface area (Å²) in [4.78, 5) is 32.8. The highest BCUT2D eigenvalue weighted by atomic mass is 16.5. The minimum atomic E-state index is -1.21. The maximum Gasteiger partial charge on any atom is 0.335 e. The predicted octanol–water partition coefficient (Wildman–Crippen LogP) is 2.75. The Morgan fingerprint density at radius 1 is 0.917 bits per heavy atom. The highest BCUT2D eigenvalue weighted by Crippen LogP contribution is 2.18. The summed E-state index contributed by atoms with van der Waals surface area (Å²) in [6.45, 7) is 3.98. The van der Waals surface area contributed by atoms with Crippen LogP contribution in [0.2, 0.25) is 0 Å². The second-order valence-electron chi connectivity index (χ2n) is 4.99. The van der Waals surface area contributed by atoms with Crippen molar-refractivity contribution >= 4 is 17.9 Å². The van der Waals surface area contributed by atoms with Crippen molar-refractivity contribution in [3.63, 3.8) is 0 Å². The SMILES string of the molecule is C=CC(=O)OCCCCCCOc1cc(C(=O)O)cc(C(=O)O)c1. The van der Waals surface area contributed by atoms with Gasteiger partial charge in [-0.2, -0.15) is 0 Å². The zero-order chi connectivity index (χ0) is 17.9. The predicted molar refractivity (Wildman–Crippen MR) is 85.5 cm³/mol. The minimum absolute atomic E-state index is 0.131. The molecule has 130 valence electrons. The summed E-state index contributed by atoms with van der Waals surface area (Å²) in [7, 11) is 0. The lowest BCUT2D eigenvalue weighted by molar-refractivity contribution is -0.137. The van der Waals surface area contributed by atoms with Crippen LogP contribution in [-0.2, 0) is 9.53 Å². The lowest BCUT2D eigenvalue weighted by atomic mass is 10.1. The summed E-state index contributed by atoms with van der Waals surface area (Å²) >= 11 is 0. The zero-order valence-electron chi connectivity index (χ0n) is 13.2. The highest BCUT2D eigenvalue weighted by molar-refractivity contribution is 5.94. The molecule has 2 N–H and O–H groups in total. The van der Waals surface area contributed by atoms with E-state index < -0.39 is 17.9 Å². The Bertz CT molecular complexity index is 575. The standard InChI is InChI=1S/C17H20O7/c1-2-15(18)24-8-6-4-3-5-7-23-14-10-12(16(19)20)9-13(11-14)17(21)22/h2,9-11H,1,3-8H2,(H,19,20)(H,21,22). The van der Waals surface area contributed by atoms with Crippen LogP contribution in [-0.4, -0.2) is 41.3 Å². The van der Waals surface area contributed by atoms with Crippen LogP contribution >= 0.6 is 0 Å². The summed E-state index contributed by atoms with van der Waals surface area (Å²) in [5.41, 5.74) is -0.261. The summed E-state index contributed by atoms with van der Waals surface area (Å²) in [6, 6.07) is 3.68. The van der Waals surface area contributed by atoms with Crippen LogP contribution in [0.3, 0.4) is 0 Å². The normalized spacial score (nSPS) is 10.0. The number of aromatic carboxylic acids is 2. The van der Waals surface area contributed by atoms with Crippen molar-refractivity contribution in [3.05, 3.63) is 42.0 Å². The number of carboxylic acid groups (broad SMARTS) is 2. The number of carboxylic acids is 2. The summed E-state index contributed by atoms with van der Waals surface area (Å²) in [6.07, 6.45) is 4.26. The van der Waals surface area contributed by atoms with E-state index in [2.05, 4.69) is 6.58 Å². The van der Waals surface area contributed by atoms with Gasteiger partial charge in [-0.1, -0.05) is 6.58 Å². The van der Waals surface area contributed by atoms with E-state index in [1.165, 1.54) is 12.1 Å². The van der Waals surface area contributed by atoms with Gasteiger partial charge >= 0.3 is 17.9 Å². The molecule has 0 aliphatic rings. The van der Waals surface area contributed by atoms with Gasteiger partial charge in [-0.3, -0.25) is 0 Å². The number of carbonyl (C=O) groups is 3. The van der Waals surface area contributed by atoms with Crippen LogP contribution < -0.4 is 4.74 Å². The number of benzene rings is 1. The third kappa shape index (κ3) is 6.95. The molecule has 0 saturated carbocycles. The van der Waals surface area contributed by atoms with Crippen LogP contribution in [0.15, 0.2) is 30.9 Å². The highest BCUT2D eigenvalue weighted by Gasteiger charge is 2.12. The van der Waals surface area contributed by atoms with E-state index in [9.17, 15) is 14.4 Å². The zero-order valence-corrected chi connectivity index (χ0v) is 13.2. The maximum atomic E-state index is 11.0. The van der Waals surface area contributed by atoms with Crippen LogP contribution in [0.25, 0.3) is 0 Å². The fourth-order valence-electron chi connectivity index (χ4n) is 1.91. The molecule has 0 amide bonds. The molecule has 1 rings (SSSR count). The average Bonchev–Trinajstić information content (AvgIpc) is 2.56. The summed E-state index contributed by atoms with van der Waals surface area (Å²) in [5, 5.41) is 17.9. The van der Waals surface area contributed by atoms with Crippen LogP contribution in [0.4, 0.5) is 0 Å². The molecule has 0 unspecified atom stereocenters. The largest absolute Gasteiger partial charge is 0.494 e. The second kappa shape index (κ2) is 10.0. The molecule has 0 spiro atoms. The molecule has 7 heteroatoms. The van der Waals surface area contributed by atoms with Gasteiger partial charge in [0.1, 0.15) is 5.75 Å². The van der Waals surface area contributed by atoms with E-state index in [0.29, 0.717) is 13.2 Å². The number of hydrogen-bond donors (Lipinski definition) is 2. The van der Waals surface area contributed by atoms with Crippen LogP contribution in [0, 0.1) is 0 Å². The van der Waals surface area contributed by atoms with Crippen LogP contribution in [0.1, 0.15) is 46.4 Å². The molecule has 0 atom stereocenters. The second-order valence-corrected chi connectivity index (χ2v) is 4.99. The van der Waals surface area contributed by atoms with E-state index in [1.807, 2.05) is 0 Å². The van der Waals surface area contributed by atoms with Gasteiger partial charge in [-0.25, -0.2) is 14.4 Å². The first-order valence-corrected chi connectivity index (χ1v) is 7.47. The van der Waals surface area contributed by atoms with Crippen molar-refractivity contribution in [2.24, 2.45) is 0 Å². The number of ether oxygens (including phenoxy) is 2. The van der Waals surface area contributed by atoms with Crippen molar-refractivity contribution < 1.29 is 34.1 Å². The van der Waals surface area contributed by atoms with E-state index in [-0.39, 0.29) is 16.9 Å². The Labute approximate surface area is 139 Å². The smallest absolute Gasteiger partial charge is 0.335 e. The number of carbonyl (C=O) groups excluding carboxylic acids is 1. The molecule has 0 bridgehead atoms. The molecule has 0 aliphatic carbocycles.